The number of amides is 1. The topological polar surface area (TPSA) is 67.6 Å². The van der Waals surface area contributed by atoms with E-state index in [9.17, 15) is 4.79 Å². The van der Waals surface area contributed by atoms with Crippen LogP contribution < -0.4 is 10.2 Å². The van der Waals surface area contributed by atoms with Gasteiger partial charge in [0.15, 0.2) is 0 Å². The summed E-state index contributed by atoms with van der Waals surface area (Å²) in [6.07, 6.45) is 5.49. The standard InChI is InChI=1S/C21H25N3O3/c1-13-7-16(8-14(2)23-13)24-10-18-17(19-3-5-21(18,12-24)27-19)9-22-20(25)15-4-6-26-11-15/h4,6-8,11,17-19H,3,5,9-10,12H2,1-2H3,(H,22,25)/t17-,18+,19+,21+/m0/s1. The molecule has 6 nitrogen and oxygen atoms in total. The van der Waals surface area contributed by atoms with Crippen LogP contribution in [0.2, 0.25) is 0 Å². The van der Waals surface area contributed by atoms with Gasteiger partial charge >= 0.3 is 0 Å². The molecular weight excluding hydrogens is 342 g/mol. The molecule has 142 valence electrons. The van der Waals surface area contributed by atoms with Crippen molar-refractivity contribution in [3.05, 3.63) is 47.7 Å². The second-order valence-electron chi connectivity index (χ2n) is 8.24. The highest BCUT2D eigenvalue weighted by Crippen LogP contribution is 2.55. The van der Waals surface area contributed by atoms with Gasteiger partial charge < -0.3 is 19.4 Å². The van der Waals surface area contributed by atoms with Crippen LogP contribution in [0.5, 0.6) is 0 Å². The Kier molecular flexibility index (Phi) is 3.79. The SMILES string of the molecule is Cc1cc(N2C[C@@H]3[C@H](CNC(=O)c4ccoc4)[C@H]4CC[C@]3(C2)O4)cc(C)n1. The summed E-state index contributed by atoms with van der Waals surface area (Å²) in [5, 5.41) is 3.09. The van der Waals surface area contributed by atoms with E-state index in [2.05, 4.69) is 27.3 Å². The lowest BCUT2D eigenvalue weighted by Crippen LogP contribution is -2.41. The lowest BCUT2D eigenvalue weighted by Gasteiger charge is -2.29. The smallest absolute Gasteiger partial charge is 0.254 e. The van der Waals surface area contributed by atoms with Gasteiger partial charge in [0.05, 0.1) is 23.5 Å². The number of rotatable bonds is 4. The van der Waals surface area contributed by atoms with Gasteiger partial charge in [0.25, 0.3) is 5.91 Å². The number of ether oxygens (including phenoxy) is 1. The quantitative estimate of drug-likeness (QED) is 0.900. The highest BCUT2D eigenvalue weighted by Gasteiger charge is 2.62. The molecule has 5 rings (SSSR count). The molecule has 2 aromatic heterocycles. The van der Waals surface area contributed by atoms with Crippen molar-refractivity contribution in [3.63, 3.8) is 0 Å². The number of hydrogen-bond donors (Lipinski definition) is 1. The van der Waals surface area contributed by atoms with Crippen molar-refractivity contribution in [1.29, 1.82) is 0 Å². The molecule has 0 radical (unpaired) electrons. The number of nitrogens with zero attached hydrogens (tertiary/aromatic N) is 2. The van der Waals surface area contributed by atoms with Crippen molar-refractivity contribution < 1.29 is 13.9 Å². The van der Waals surface area contributed by atoms with E-state index >= 15 is 0 Å². The largest absolute Gasteiger partial charge is 0.472 e. The van der Waals surface area contributed by atoms with Gasteiger partial charge in [-0.1, -0.05) is 0 Å². The van der Waals surface area contributed by atoms with Gasteiger partial charge in [-0.15, -0.1) is 0 Å². The molecule has 0 aliphatic carbocycles. The first-order chi connectivity index (χ1) is 13.0. The number of pyridine rings is 1. The Bertz CT molecular complexity index is 845. The maximum Gasteiger partial charge on any atom is 0.254 e. The Morgan fingerprint density at radius 2 is 2.19 bits per heavy atom. The molecule has 4 atom stereocenters. The molecule has 0 saturated carbocycles. The van der Waals surface area contributed by atoms with Gasteiger partial charge in [-0.3, -0.25) is 9.78 Å². The van der Waals surface area contributed by atoms with Crippen LogP contribution >= 0.6 is 0 Å². The number of aryl methyl sites for hydroxylation is 2. The van der Waals surface area contributed by atoms with Gasteiger partial charge in [-0.05, 0) is 44.9 Å². The van der Waals surface area contributed by atoms with E-state index in [1.165, 1.54) is 18.2 Å². The second-order valence-corrected chi connectivity index (χ2v) is 8.24. The molecule has 2 bridgehead atoms. The fourth-order valence-corrected chi connectivity index (χ4v) is 5.36. The predicted molar refractivity (Wildman–Crippen MR) is 101 cm³/mol. The lowest BCUT2D eigenvalue weighted by molar-refractivity contribution is 0.0141. The third-order valence-electron chi connectivity index (χ3n) is 6.50. The Labute approximate surface area is 158 Å². The first kappa shape index (κ1) is 16.8. The number of nitrogens with one attached hydrogen (secondary N) is 1. The normalized spacial score (nSPS) is 31.3. The third-order valence-corrected chi connectivity index (χ3v) is 6.50. The number of aromatic nitrogens is 1. The number of fused-ring (bicyclic) bond motifs is 1. The Hall–Kier alpha value is -2.34. The molecule has 3 saturated heterocycles. The maximum atomic E-state index is 12.3. The highest BCUT2D eigenvalue weighted by atomic mass is 16.5. The molecule has 3 fully saturated rings. The summed E-state index contributed by atoms with van der Waals surface area (Å²) in [6.45, 7) is 6.65. The van der Waals surface area contributed by atoms with E-state index in [1.807, 2.05) is 13.8 Å². The molecule has 5 heterocycles. The molecule has 3 aliphatic rings. The number of anilines is 1. The van der Waals surface area contributed by atoms with Crippen molar-refractivity contribution in [1.82, 2.24) is 10.3 Å². The molecule has 1 N–H and O–H groups in total. The average molecular weight is 367 g/mol. The fraction of sp³-hybridized carbons (Fsp3) is 0.524. The van der Waals surface area contributed by atoms with E-state index in [4.69, 9.17) is 9.15 Å². The molecule has 0 unspecified atom stereocenters. The minimum absolute atomic E-state index is 0.0548. The van der Waals surface area contributed by atoms with Gasteiger partial charge in [0, 0.05) is 48.5 Å². The molecule has 6 heteroatoms. The lowest BCUT2D eigenvalue weighted by atomic mass is 9.73. The van der Waals surface area contributed by atoms with Crippen LogP contribution in [0.3, 0.4) is 0 Å². The third kappa shape index (κ3) is 2.74. The van der Waals surface area contributed by atoms with E-state index < -0.39 is 0 Å². The van der Waals surface area contributed by atoms with Gasteiger partial charge in [-0.2, -0.15) is 0 Å². The highest BCUT2D eigenvalue weighted by molar-refractivity contribution is 5.93. The molecule has 2 aromatic rings. The Morgan fingerprint density at radius 3 is 2.93 bits per heavy atom. The summed E-state index contributed by atoms with van der Waals surface area (Å²) < 4.78 is 11.5. The van der Waals surface area contributed by atoms with Crippen LogP contribution in [0.25, 0.3) is 0 Å². The van der Waals surface area contributed by atoms with Crippen LogP contribution in [0.15, 0.2) is 35.1 Å². The van der Waals surface area contributed by atoms with Gasteiger partial charge in [0.2, 0.25) is 0 Å². The molecule has 0 aromatic carbocycles. The Balaban J connectivity index is 1.32. The van der Waals surface area contributed by atoms with Crippen LogP contribution in [0.4, 0.5) is 5.69 Å². The molecule has 1 amide bonds. The summed E-state index contributed by atoms with van der Waals surface area (Å²) in [7, 11) is 0. The summed E-state index contributed by atoms with van der Waals surface area (Å²) >= 11 is 0. The van der Waals surface area contributed by atoms with Crippen molar-refractivity contribution in [2.24, 2.45) is 11.8 Å². The first-order valence-electron chi connectivity index (χ1n) is 9.72. The van der Waals surface area contributed by atoms with Crippen molar-refractivity contribution >= 4 is 11.6 Å². The number of carbonyl (C=O) groups excluding carboxylic acids is 1. The summed E-state index contributed by atoms with van der Waals surface area (Å²) in [6, 6.07) is 6.01. The van der Waals surface area contributed by atoms with Crippen molar-refractivity contribution in [2.45, 2.75) is 38.4 Å². The van der Waals surface area contributed by atoms with Gasteiger partial charge in [0.1, 0.15) is 6.26 Å². The average Bonchev–Trinajstić information content (AvgIpc) is 3.38. The first-order valence-corrected chi connectivity index (χ1v) is 9.72. The fourth-order valence-electron chi connectivity index (χ4n) is 5.36. The van der Waals surface area contributed by atoms with E-state index in [1.54, 1.807) is 6.07 Å². The summed E-state index contributed by atoms with van der Waals surface area (Å²) in [4.78, 5) is 19.2. The van der Waals surface area contributed by atoms with E-state index in [0.29, 0.717) is 23.9 Å². The van der Waals surface area contributed by atoms with Crippen LogP contribution in [-0.2, 0) is 4.74 Å². The monoisotopic (exact) mass is 367 g/mol. The minimum atomic E-state index is -0.0733. The number of furan rings is 1. The Morgan fingerprint density at radius 1 is 1.37 bits per heavy atom. The summed E-state index contributed by atoms with van der Waals surface area (Å²) in [5.74, 6) is 0.745. The van der Waals surface area contributed by atoms with Crippen LogP contribution in [0, 0.1) is 25.7 Å². The molecule has 3 aliphatic heterocycles. The van der Waals surface area contributed by atoms with Crippen molar-refractivity contribution in [3.8, 4) is 0 Å². The number of carbonyl (C=O) groups is 1. The summed E-state index contributed by atoms with van der Waals surface area (Å²) in [5.41, 5.74) is 3.85. The van der Waals surface area contributed by atoms with Crippen LogP contribution in [-0.4, -0.2) is 42.2 Å². The van der Waals surface area contributed by atoms with E-state index in [0.717, 1.165) is 37.3 Å². The zero-order valence-corrected chi connectivity index (χ0v) is 15.8. The van der Waals surface area contributed by atoms with Crippen LogP contribution in [0.1, 0.15) is 34.6 Å². The van der Waals surface area contributed by atoms with Crippen molar-refractivity contribution in [2.75, 3.05) is 24.5 Å². The predicted octanol–water partition coefficient (Wildman–Crippen LogP) is 2.71. The zero-order valence-electron chi connectivity index (χ0n) is 15.8. The molecular formula is C21H25N3O3. The minimum Gasteiger partial charge on any atom is -0.472 e. The van der Waals surface area contributed by atoms with Gasteiger partial charge in [-0.25, -0.2) is 0 Å². The van der Waals surface area contributed by atoms with E-state index in [-0.39, 0.29) is 17.6 Å². The zero-order chi connectivity index (χ0) is 18.6. The second kappa shape index (κ2) is 6.09. The molecule has 1 spiro atoms. The maximum absolute atomic E-state index is 12.3. The number of hydrogen-bond acceptors (Lipinski definition) is 5. The molecule has 27 heavy (non-hydrogen) atoms.